The van der Waals surface area contributed by atoms with Gasteiger partial charge < -0.3 is 5.32 Å². The van der Waals surface area contributed by atoms with Crippen LogP contribution in [0.1, 0.15) is 29.8 Å². The van der Waals surface area contributed by atoms with Crippen LogP contribution in [-0.4, -0.2) is 13.3 Å². The molecule has 0 bridgehead atoms. The van der Waals surface area contributed by atoms with Gasteiger partial charge in [-0.15, -0.1) is 0 Å². The number of carbonyl (C=O) groups excluding carboxylic acids is 1. The second kappa shape index (κ2) is 10.9. The Bertz CT molecular complexity index is 541. The van der Waals surface area contributed by atoms with Gasteiger partial charge in [0.2, 0.25) is 0 Å². The first-order valence-corrected chi connectivity index (χ1v) is 7.09. The highest BCUT2D eigenvalue weighted by atomic mass is 35.5. The second-order valence-corrected chi connectivity index (χ2v) is 4.31. The lowest BCUT2D eigenvalue weighted by molar-refractivity contribution is 0.112. The van der Waals surface area contributed by atoms with E-state index in [4.69, 9.17) is 11.6 Å². The minimum atomic E-state index is -0.319. The summed E-state index contributed by atoms with van der Waals surface area (Å²) in [5.74, 6) is -0.319. The molecule has 2 aromatic rings. The van der Waals surface area contributed by atoms with Gasteiger partial charge in [0.15, 0.2) is 0 Å². The molecule has 0 unspecified atom stereocenters. The van der Waals surface area contributed by atoms with Crippen molar-refractivity contribution in [1.29, 1.82) is 0 Å². The van der Waals surface area contributed by atoms with E-state index in [-0.39, 0.29) is 5.82 Å². The van der Waals surface area contributed by atoms with Crippen molar-refractivity contribution >= 4 is 23.6 Å². The van der Waals surface area contributed by atoms with Crippen molar-refractivity contribution in [2.75, 3.05) is 12.4 Å². The Morgan fingerprint density at radius 2 is 1.67 bits per heavy atom. The van der Waals surface area contributed by atoms with E-state index in [2.05, 4.69) is 5.32 Å². The molecule has 2 rings (SSSR count). The number of nitrogens with one attached hydrogen (secondary N) is 1. The third-order valence-electron chi connectivity index (χ3n) is 2.40. The zero-order valence-electron chi connectivity index (χ0n) is 12.8. The van der Waals surface area contributed by atoms with Crippen LogP contribution in [-0.2, 0) is 0 Å². The van der Waals surface area contributed by atoms with Crippen LogP contribution >= 0.6 is 11.6 Å². The first-order chi connectivity index (χ1) is 10.1. The lowest BCUT2D eigenvalue weighted by atomic mass is 10.2. The minimum Gasteiger partial charge on any atom is -0.387 e. The fraction of sp³-hybridized carbons (Fsp3) is 0.235. The second-order valence-electron chi connectivity index (χ2n) is 3.90. The molecule has 0 saturated carbocycles. The maximum atomic E-state index is 12.1. The van der Waals surface area contributed by atoms with E-state index in [9.17, 15) is 9.18 Å². The quantitative estimate of drug-likeness (QED) is 0.757. The molecule has 4 heteroatoms. The maximum Gasteiger partial charge on any atom is 0.150 e. The lowest BCUT2D eigenvalue weighted by Gasteiger charge is -2.02. The highest BCUT2D eigenvalue weighted by Gasteiger charge is 1.95. The van der Waals surface area contributed by atoms with Crippen LogP contribution in [0.25, 0.3) is 0 Å². The molecule has 21 heavy (non-hydrogen) atoms. The van der Waals surface area contributed by atoms with Gasteiger partial charge in [-0.2, -0.15) is 0 Å². The molecule has 0 atom stereocenters. The summed E-state index contributed by atoms with van der Waals surface area (Å²) in [5, 5.41) is 3.77. The Balaban J connectivity index is 0.000000342. The van der Waals surface area contributed by atoms with E-state index in [1.54, 1.807) is 0 Å². The number of rotatable bonds is 2. The van der Waals surface area contributed by atoms with Crippen molar-refractivity contribution in [2.24, 2.45) is 0 Å². The summed E-state index contributed by atoms with van der Waals surface area (Å²) in [4.78, 5) is 10.00. The monoisotopic (exact) mass is 309 g/mol. The van der Waals surface area contributed by atoms with Crippen molar-refractivity contribution in [3.63, 3.8) is 0 Å². The van der Waals surface area contributed by atoms with Crippen molar-refractivity contribution in [3.8, 4) is 0 Å². The molecular weight excluding hydrogens is 289 g/mol. The average molecular weight is 310 g/mol. The summed E-state index contributed by atoms with van der Waals surface area (Å²) in [6.07, 6.45) is 0.680. The number of halogens is 2. The van der Waals surface area contributed by atoms with Gasteiger partial charge in [-0.25, -0.2) is 4.39 Å². The molecule has 0 aliphatic heterocycles. The molecule has 0 amide bonds. The van der Waals surface area contributed by atoms with Crippen LogP contribution < -0.4 is 5.32 Å². The van der Waals surface area contributed by atoms with Crippen LogP contribution in [0.4, 0.5) is 10.1 Å². The van der Waals surface area contributed by atoms with Gasteiger partial charge >= 0.3 is 0 Å². The van der Waals surface area contributed by atoms with Crippen molar-refractivity contribution in [2.45, 2.75) is 20.8 Å². The lowest BCUT2D eigenvalue weighted by Crippen LogP contribution is -1.88. The number of hydrogen-bond donors (Lipinski definition) is 1. The summed E-state index contributed by atoms with van der Waals surface area (Å²) in [7, 11) is 1.86. The van der Waals surface area contributed by atoms with Gasteiger partial charge in [0, 0.05) is 12.6 Å². The van der Waals surface area contributed by atoms with Crippen LogP contribution in [0, 0.1) is 12.7 Å². The summed E-state index contributed by atoms with van der Waals surface area (Å²) in [6.45, 7) is 6.02. The summed E-state index contributed by atoms with van der Waals surface area (Å²) < 4.78 is 12.1. The molecule has 0 radical (unpaired) electrons. The summed E-state index contributed by atoms with van der Waals surface area (Å²) >= 11 is 5.87. The Hall–Kier alpha value is -1.87. The van der Waals surface area contributed by atoms with Gasteiger partial charge in [0.1, 0.15) is 12.1 Å². The number of benzene rings is 2. The molecule has 114 valence electrons. The average Bonchev–Trinajstić information content (AvgIpc) is 2.51. The van der Waals surface area contributed by atoms with E-state index in [0.29, 0.717) is 11.8 Å². The van der Waals surface area contributed by atoms with Gasteiger partial charge in [-0.05, 0) is 48.9 Å². The highest BCUT2D eigenvalue weighted by molar-refractivity contribution is 6.33. The van der Waals surface area contributed by atoms with E-state index in [1.807, 2.05) is 46.0 Å². The minimum absolute atomic E-state index is 0.319. The molecule has 0 aromatic heterocycles. The van der Waals surface area contributed by atoms with Gasteiger partial charge in [-0.1, -0.05) is 31.5 Å². The molecule has 0 aliphatic rings. The van der Waals surface area contributed by atoms with Crippen LogP contribution in [0.3, 0.4) is 0 Å². The standard InChI is InChI=1S/C8H10ClN.C7H5FO.C2H6/c1-6-3-4-8(10-2)7(9)5-6;8-7-3-1-6(5-9)2-4-7;1-2/h3-5,10H,1-2H3;1-5H;1-2H3. The van der Waals surface area contributed by atoms with Crippen LogP contribution in [0.15, 0.2) is 42.5 Å². The molecule has 2 nitrogen and oxygen atoms in total. The Morgan fingerprint density at radius 1 is 1.10 bits per heavy atom. The van der Waals surface area contributed by atoms with Crippen molar-refractivity contribution in [1.82, 2.24) is 0 Å². The van der Waals surface area contributed by atoms with E-state index < -0.39 is 0 Å². The largest absolute Gasteiger partial charge is 0.387 e. The van der Waals surface area contributed by atoms with E-state index >= 15 is 0 Å². The maximum absolute atomic E-state index is 12.1. The highest BCUT2D eigenvalue weighted by Crippen LogP contribution is 2.21. The molecule has 0 spiro atoms. The number of hydrogen-bond acceptors (Lipinski definition) is 2. The fourth-order valence-corrected chi connectivity index (χ4v) is 1.69. The molecule has 2 aromatic carbocycles. The molecule has 1 N–H and O–H groups in total. The zero-order valence-corrected chi connectivity index (χ0v) is 13.5. The topological polar surface area (TPSA) is 29.1 Å². The van der Waals surface area contributed by atoms with E-state index in [1.165, 1.54) is 29.8 Å². The summed E-state index contributed by atoms with van der Waals surface area (Å²) in [5.41, 5.74) is 2.66. The number of carbonyl (C=O) groups is 1. The number of aldehydes is 1. The summed E-state index contributed by atoms with van der Waals surface area (Å²) in [6, 6.07) is 11.3. The Morgan fingerprint density at radius 3 is 2.10 bits per heavy atom. The molecule has 0 heterocycles. The van der Waals surface area contributed by atoms with Crippen LogP contribution in [0.2, 0.25) is 5.02 Å². The van der Waals surface area contributed by atoms with Crippen molar-refractivity contribution in [3.05, 3.63) is 64.4 Å². The zero-order chi connectivity index (χ0) is 16.3. The predicted octanol–water partition coefficient (Wildman–Crippen LogP) is 5.35. The molecule has 0 aliphatic carbocycles. The first-order valence-electron chi connectivity index (χ1n) is 6.71. The first kappa shape index (κ1) is 19.1. The fourth-order valence-electron chi connectivity index (χ4n) is 1.36. The predicted molar refractivity (Wildman–Crippen MR) is 88.9 cm³/mol. The number of aryl methyl sites for hydroxylation is 1. The number of anilines is 1. The van der Waals surface area contributed by atoms with Gasteiger partial charge in [-0.3, -0.25) is 4.79 Å². The van der Waals surface area contributed by atoms with E-state index in [0.717, 1.165) is 10.7 Å². The molecule has 0 saturated heterocycles. The van der Waals surface area contributed by atoms with Gasteiger partial charge in [0.25, 0.3) is 0 Å². The Labute approximate surface area is 131 Å². The third-order valence-corrected chi connectivity index (χ3v) is 2.71. The third kappa shape index (κ3) is 7.47. The normalized spacial score (nSPS) is 8.67. The van der Waals surface area contributed by atoms with Gasteiger partial charge in [0.05, 0.1) is 10.7 Å². The molecule has 0 fully saturated rings. The van der Waals surface area contributed by atoms with Crippen LogP contribution in [0.5, 0.6) is 0 Å². The molecular formula is C17H21ClFNO. The Kier molecular flexibility index (Phi) is 9.90. The smallest absolute Gasteiger partial charge is 0.150 e. The van der Waals surface area contributed by atoms with Crippen molar-refractivity contribution < 1.29 is 9.18 Å². The SMILES string of the molecule is CC.CNc1ccc(C)cc1Cl.O=Cc1ccc(F)cc1.